The van der Waals surface area contributed by atoms with Crippen molar-refractivity contribution in [2.24, 2.45) is 0 Å². The van der Waals surface area contributed by atoms with Gasteiger partial charge in [0.25, 0.3) is 0 Å². The van der Waals surface area contributed by atoms with Crippen molar-refractivity contribution in [2.45, 2.75) is 6.10 Å². The van der Waals surface area contributed by atoms with Gasteiger partial charge in [0.2, 0.25) is 0 Å². The Kier molecular flexibility index (Phi) is 3.13. The molecule has 0 spiro atoms. The molecule has 0 aliphatic carbocycles. The van der Waals surface area contributed by atoms with Crippen LogP contribution >= 0.6 is 0 Å². The number of rotatable bonds is 3. The van der Waals surface area contributed by atoms with E-state index in [-0.39, 0.29) is 5.78 Å². The Morgan fingerprint density at radius 1 is 1.06 bits per heavy atom. The maximum absolute atomic E-state index is 11.9. The van der Waals surface area contributed by atoms with Gasteiger partial charge in [0, 0.05) is 5.56 Å². The van der Waals surface area contributed by atoms with Gasteiger partial charge in [-0.2, -0.15) is 0 Å². The topological polar surface area (TPSA) is 37.3 Å². The van der Waals surface area contributed by atoms with Gasteiger partial charge >= 0.3 is 0 Å². The average Bonchev–Trinajstić information content (AvgIpc) is 2.39. The summed E-state index contributed by atoms with van der Waals surface area (Å²) in [6.45, 7) is 0. The summed E-state index contributed by atoms with van der Waals surface area (Å²) < 4.78 is 0. The predicted octanol–water partition coefficient (Wildman–Crippen LogP) is 2.40. The summed E-state index contributed by atoms with van der Waals surface area (Å²) in [4.78, 5) is 11.9. The lowest BCUT2D eigenvalue weighted by Crippen LogP contribution is -2.11. The first kappa shape index (κ1) is 10.6. The average molecular weight is 211 g/mol. The zero-order valence-electron chi connectivity index (χ0n) is 8.63. The first-order valence-electron chi connectivity index (χ1n) is 5.02. The molecule has 2 aromatic carbocycles. The third-order valence-electron chi connectivity index (χ3n) is 2.37. The Morgan fingerprint density at radius 3 is 2.31 bits per heavy atom. The summed E-state index contributed by atoms with van der Waals surface area (Å²) >= 11 is 0. The number of carbonyl (C=O) groups excluding carboxylic acids is 1. The summed E-state index contributed by atoms with van der Waals surface area (Å²) in [6, 6.07) is 18.3. The number of benzene rings is 2. The summed E-state index contributed by atoms with van der Waals surface area (Å²) in [5.41, 5.74) is 1.11. The fraction of sp³-hybridized carbons (Fsp3) is 0.0714. The van der Waals surface area contributed by atoms with Crippen LogP contribution < -0.4 is 0 Å². The molecule has 1 unspecified atom stereocenters. The van der Waals surface area contributed by atoms with E-state index < -0.39 is 6.10 Å². The Morgan fingerprint density at radius 2 is 1.69 bits per heavy atom. The summed E-state index contributed by atoms with van der Waals surface area (Å²) in [5.74, 6) is -0.285. The largest absolute Gasteiger partial charge is 0.380 e. The molecule has 1 radical (unpaired) electrons. The molecule has 2 aromatic rings. The second-order valence-electron chi connectivity index (χ2n) is 3.47. The lowest BCUT2D eigenvalue weighted by atomic mass is 10.0. The number of hydrogen-bond donors (Lipinski definition) is 1. The van der Waals surface area contributed by atoms with Crippen LogP contribution in [0.5, 0.6) is 0 Å². The van der Waals surface area contributed by atoms with Gasteiger partial charge in [-0.25, -0.2) is 0 Å². The molecule has 0 aromatic heterocycles. The van der Waals surface area contributed by atoms with Gasteiger partial charge in [0.1, 0.15) is 6.10 Å². The summed E-state index contributed by atoms with van der Waals surface area (Å²) in [5, 5.41) is 9.88. The van der Waals surface area contributed by atoms with Crippen LogP contribution in [0.2, 0.25) is 0 Å². The molecule has 0 aliphatic rings. The van der Waals surface area contributed by atoms with Crippen LogP contribution in [0.15, 0.2) is 54.6 Å². The van der Waals surface area contributed by atoms with E-state index >= 15 is 0 Å². The van der Waals surface area contributed by atoms with E-state index in [4.69, 9.17) is 0 Å². The number of Topliss-reactive ketones (excluding diaryl/α,β-unsaturated/α-hetero) is 1. The van der Waals surface area contributed by atoms with Crippen LogP contribution in [-0.2, 0) is 0 Å². The van der Waals surface area contributed by atoms with Gasteiger partial charge in [0.15, 0.2) is 5.78 Å². The molecule has 1 N–H and O–H groups in total. The van der Waals surface area contributed by atoms with Crippen LogP contribution in [0, 0.1) is 6.07 Å². The van der Waals surface area contributed by atoms with Gasteiger partial charge in [-0.15, -0.1) is 0 Å². The first-order valence-corrected chi connectivity index (χ1v) is 5.02. The number of aliphatic hydroxyl groups excluding tert-OH is 1. The molecule has 2 heteroatoms. The van der Waals surface area contributed by atoms with E-state index in [1.165, 1.54) is 0 Å². The lowest BCUT2D eigenvalue weighted by Gasteiger charge is -2.09. The van der Waals surface area contributed by atoms with Gasteiger partial charge in [-0.05, 0) is 11.6 Å². The van der Waals surface area contributed by atoms with Gasteiger partial charge < -0.3 is 5.11 Å². The number of aliphatic hydroxyl groups is 1. The minimum atomic E-state index is -1.10. The summed E-state index contributed by atoms with van der Waals surface area (Å²) in [6.07, 6.45) is -1.10. The Labute approximate surface area is 94.2 Å². The Bertz CT molecular complexity index is 463. The third-order valence-corrected chi connectivity index (χ3v) is 2.37. The zero-order chi connectivity index (χ0) is 11.4. The highest BCUT2D eigenvalue weighted by atomic mass is 16.3. The van der Waals surface area contributed by atoms with E-state index in [1.54, 1.807) is 48.5 Å². The predicted molar refractivity (Wildman–Crippen MR) is 61.0 cm³/mol. The third kappa shape index (κ3) is 2.18. The number of ketones is 1. The Hall–Kier alpha value is -1.93. The van der Waals surface area contributed by atoms with Crippen LogP contribution in [-0.4, -0.2) is 10.9 Å². The van der Waals surface area contributed by atoms with Crippen molar-refractivity contribution in [1.82, 2.24) is 0 Å². The van der Waals surface area contributed by atoms with E-state index in [0.717, 1.165) is 0 Å². The van der Waals surface area contributed by atoms with Crippen molar-refractivity contribution >= 4 is 5.78 Å². The molecule has 0 saturated heterocycles. The van der Waals surface area contributed by atoms with E-state index in [9.17, 15) is 9.90 Å². The molecule has 0 fully saturated rings. The second kappa shape index (κ2) is 4.73. The molecular weight excluding hydrogens is 200 g/mol. The molecular formula is C14H11O2. The quantitative estimate of drug-likeness (QED) is 0.791. The van der Waals surface area contributed by atoms with Crippen molar-refractivity contribution in [3.05, 3.63) is 71.8 Å². The van der Waals surface area contributed by atoms with Crippen molar-refractivity contribution in [2.75, 3.05) is 0 Å². The molecule has 0 aliphatic heterocycles. The molecule has 2 rings (SSSR count). The molecule has 0 bridgehead atoms. The van der Waals surface area contributed by atoms with Crippen LogP contribution in [0.25, 0.3) is 0 Å². The Balaban J connectivity index is 2.24. The highest BCUT2D eigenvalue weighted by Crippen LogP contribution is 2.17. The molecule has 0 saturated carbocycles. The number of hydrogen-bond acceptors (Lipinski definition) is 2. The molecule has 2 nitrogen and oxygen atoms in total. The lowest BCUT2D eigenvalue weighted by molar-refractivity contribution is 0.0747. The zero-order valence-corrected chi connectivity index (χ0v) is 8.63. The van der Waals surface area contributed by atoms with Crippen LogP contribution in [0.4, 0.5) is 0 Å². The fourth-order valence-electron chi connectivity index (χ4n) is 1.49. The first-order chi connectivity index (χ1) is 7.79. The van der Waals surface area contributed by atoms with Gasteiger partial charge in [0.05, 0.1) is 0 Å². The van der Waals surface area contributed by atoms with E-state index in [2.05, 4.69) is 6.07 Å². The molecule has 0 heterocycles. The minimum absolute atomic E-state index is 0.285. The monoisotopic (exact) mass is 211 g/mol. The molecule has 0 amide bonds. The highest BCUT2D eigenvalue weighted by molar-refractivity contribution is 5.99. The van der Waals surface area contributed by atoms with E-state index in [1.807, 2.05) is 6.07 Å². The molecule has 1 atom stereocenters. The maximum atomic E-state index is 11.9. The molecule has 16 heavy (non-hydrogen) atoms. The maximum Gasteiger partial charge on any atom is 0.195 e. The minimum Gasteiger partial charge on any atom is -0.380 e. The second-order valence-corrected chi connectivity index (χ2v) is 3.47. The van der Waals surface area contributed by atoms with Crippen molar-refractivity contribution in [3.8, 4) is 0 Å². The van der Waals surface area contributed by atoms with Crippen molar-refractivity contribution in [3.63, 3.8) is 0 Å². The van der Waals surface area contributed by atoms with E-state index in [0.29, 0.717) is 11.1 Å². The van der Waals surface area contributed by atoms with Crippen LogP contribution in [0.1, 0.15) is 22.0 Å². The normalized spacial score (nSPS) is 12.1. The van der Waals surface area contributed by atoms with Crippen molar-refractivity contribution in [1.29, 1.82) is 0 Å². The van der Waals surface area contributed by atoms with Gasteiger partial charge in [-0.1, -0.05) is 54.6 Å². The fourth-order valence-corrected chi connectivity index (χ4v) is 1.49. The summed E-state index contributed by atoms with van der Waals surface area (Å²) in [7, 11) is 0. The SMILES string of the molecule is O=C(c1ccccc1)C(O)c1cc[c]cc1. The van der Waals surface area contributed by atoms with Crippen LogP contribution in [0.3, 0.4) is 0 Å². The highest BCUT2D eigenvalue weighted by Gasteiger charge is 2.18. The number of carbonyl (C=O) groups is 1. The standard InChI is InChI=1S/C14H11O2/c15-13(11-7-3-1-4-8-11)14(16)12-9-5-2-6-10-12/h1,3-10,14,16H. The van der Waals surface area contributed by atoms with Crippen molar-refractivity contribution < 1.29 is 9.90 Å². The molecule has 79 valence electrons. The smallest absolute Gasteiger partial charge is 0.195 e. The van der Waals surface area contributed by atoms with Gasteiger partial charge in [-0.3, -0.25) is 4.79 Å².